The molecule has 6 heteroatoms. The maximum absolute atomic E-state index is 12.3. The van der Waals surface area contributed by atoms with Gasteiger partial charge < -0.3 is 24.4 Å². The van der Waals surface area contributed by atoms with Crippen LogP contribution in [0.1, 0.15) is 11.1 Å². The third-order valence-electron chi connectivity index (χ3n) is 4.94. The summed E-state index contributed by atoms with van der Waals surface area (Å²) < 4.78 is 16.6. The summed E-state index contributed by atoms with van der Waals surface area (Å²) in [7, 11) is 4.02. The van der Waals surface area contributed by atoms with Crippen molar-refractivity contribution in [3.8, 4) is 28.4 Å². The van der Waals surface area contributed by atoms with Gasteiger partial charge in [-0.2, -0.15) is 0 Å². The number of benzene rings is 3. The Bertz CT molecular complexity index is 1050. The van der Waals surface area contributed by atoms with Gasteiger partial charge in [0.2, 0.25) is 6.79 Å². The SMILES string of the molecule is CN(C)Cc1cc(-c2ccccc2)ccc1OCC(=O)NCc1ccc2c(c1)OCO2. The minimum absolute atomic E-state index is 0.0460. The second kappa shape index (κ2) is 9.53. The molecule has 0 saturated carbocycles. The monoisotopic (exact) mass is 418 g/mol. The van der Waals surface area contributed by atoms with Gasteiger partial charge in [-0.15, -0.1) is 0 Å². The summed E-state index contributed by atoms with van der Waals surface area (Å²) in [4.78, 5) is 14.4. The van der Waals surface area contributed by atoms with Crippen LogP contribution >= 0.6 is 0 Å². The molecule has 1 N–H and O–H groups in total. The van der Waals surface area contributed by atoms with Gasteiger partial charge in [0.15, 0.2) is 18.1 Å². The van der Waals surface area contributed by atoms with Crippen molar-refractivity contribution in [2.24, 2.45) is 0 Å². The number of rotatable bonds is 8. The number of ether oxygens (including phenoxy) is 3. The molecule has 0 bridgehead atoms. The van der Waals surface area contributed by atoms with Gasteiger partial charge in [0.05, 0.1) is 0 Å². The maximum Gasteiger partial charge on any atom is 0.258 e. The maximum atomic E-state index is 12.3. The molecule has 1 aliphatic rings. The van der Waals surface area contributed by atoms with Gasteiger partial charge in [0.1, 0.15) is 5.75 Å². The molecular weight excluding hydrogens is 392 g/mol. The Morgan fingerprint density at radius 3 is 2.58 bits per heavy atom. The van der Waals surface area contributed by atoms with Crippen molar-refractivity contribution in [2.75, 3.05) is 27.5 Å². The Kier molecular flexibility index (Phi) is 6.38. The van der Waals surface area contributed by atoms with Crippen LogP contribution in [0.2, 0.25) is 0 Å². The summed E-state index contributed by atoms with van der Waals surface area (Å²) in [5.74, 6) is 1.97. The van der Waals surface area contributed by atoms with Gasteiger partial charge >= 0.3 is 0 Å². The lowest BCUT2D eigenvalue weighted by Crippen LogP contribution is -2.28. The zero-order chi connectivity index (χ0) is 21.6. The summed E-state index contributed by atoms with van der Waals surface area (Å²) in [5, 5.41) is 2.89. The molecule has 1 amide bonds. The third kappa shape index (κ3) is 5.35. The number of carbonyl (C=O) groups excluding carboxylic acids is 1. The fraction of sp³-hybridized carbons (Fsp3) is 0.240. The number of nitrogens with zero attached hydrogens (tertiary/aromatic N) is 1. The second-order valence-electron chi connectivity index (χ2n) is 7.68. The lowest BCUT2D eigenvalue weighted by molar-refractivity contribution is -0.123. The summed E-state index contributed by atoms with van der Waals surface area (Å²) in [6.07, 6.45) is 0. The molecule has 1 heterocycles. The first kappa shape index (κ1) is 20.8. The van der Waals surface area contributed by atoms with Crippen LogP contribution in [-0.4, -0.2) is 38.3 Å². The van der Waals surface area contributed by atoms with E-state index in [0.29, 0.717) is 18.0 Å². The zero-order valence-electron chi connectivity index (χ0n) is 17.8. The van der Waals surface area contributed by atoms with E-state index in [1.807, 2.05) is 62.6 Å². The van der Waals surface area contributed by atoms with Crippen LogP contribution in [0.5, 0.6) is 17.2 Å². The Morgan fingerprint density at radius 2 is 1.77 bits per heavy atom. The first-order valence-electron chi connectivity index (χ1n) is 10.2. The molecule has 0 atom stereocenters. The molecule has 6 nitrogen and oxygen atoms in total. The molecule has 0 aliphatic carbocycles. The fourth-order valence-corrected chi connectivity index (χ4v) is 3.44. The molecule has 160 valence electrons. The average molecular weight is 418 g/mol. The first-order valence-corrected chi connectivity index (χ1v) is 10.2. The number of hydrogen-bond donors (Lipinski definition) is 1. The molecule has 0 unspecified atom stereocenters. The summed E-state index contributed by atoms with van der Waals surface area (Å²) in [6.45, 7) is 1.30. The van der Waals surface area contributed by atoms with Crippen LogP contribution in [-0.2, 0) is 17.9 Å². The zero-order valence-corrected chi connectivity index (χ0v) is 17.8. The highest BCUT2D eigenvalue weighted by molar-refractivity contribution is 5.77. The molecule has 3 aromatic rings. The molecule has 4 rings (SSSR count). The first-order chi connectivity index (χ1) is 15.1. The molecule has 3 aromatic carbocycles. The van der Waals surface area contributed by atoms with E-state index in [1.54, 1.807) is 0 Å². The Hall–Kier alpha value is -3.51. The Labute approximate surface area is 182 Å². The predicted molar refractivity (Wildman–Crippen MR) is 119 cm³/mol. The van der Waals surface area contributed by atoms with Crippen LogP contribution in [0.25, 0.3) is 11.1 Å². The lowest BCUT2D eigenvalue weighted by atomic mass is 10.0. The molecule has 0 spiro atoms. The number of amides is 1. The van der Waals surface area contributed by atoms with Crippen molar-refractivity contribution in [1.82, 2.24) is 10.2 Å². The average Bonchev–Trinajstić information content (AvgIpc) is 3.25. The van der Waals surface area contributed by atoms with E-state index in [9.17, 15) is 4.79 Å². The fourth-order valence-electron chi connectivity index (χ4n) is 3.44. The van der Waals surface area contributed by atoms with E-state index in [0.717, 1.165) is 34.5 Å². The molecule has 0 fully saturated rings. The van der Waals surface area contributed by atoms with Crippen molar-refractivity contribution in [3.05, 3.63) is 77.9 Å². The largest absolute Gasteiger partial charge is 0.483 e. The second-order valence-corrected chi connectivity index (χ2v) is 7.68. The molecular formula is C25H26N2O4. The van der Waals surface area contributed by atoms with Crippen LogP contribution < -0.4 is 19.5 Å². The molecule has 0 saturated heterocycles. The van der Waals surface area contributed by atoms with Gasteiger partial charge in [-0.05, 0) is 55.1 Å². The Balaban J connectivity index is 1.38. The van der Waals surface area contributed by atoms with Crippen molar-refractivity contribution in [2.45, 2.75) is 13.1 Å². The predicted octanol–water partition coefficient (Wildman–Crippen LogP) is 3.84. The van der Waals surface area contributed by atoms with E-state index in [2.05, 4.69) is 28.4 Å². The number of carbonyl (C=O) groups is 1. The molecule has 31 heavy (non-hydrogen) atoms. The summed E-state index contributed by atoms with van der Waals surface area (Å²) in [5.41, 5.74) is 4.25. The highest BCUT2D eigenvalue weighted by Gasteiger charge is 2.14. The van der Waals surface area contributed by atoms with Crippen LogP contribution in [0.3, 0.4) is 0 Å². The van der Waals surface area contributed by atoms with E-state index in [4.69, 9.17) is 14.2 Å². The van der Waals surface area contributed by atoms with Gasteiger partial charge in [0.25, 0.3) is 5.91 Å². The van der Waals surface area contributed by atoms with Gasteiger partial charge in [-0.1, -0.05) is 42.5 Å². The van der Waals surface area contributed by atoms with Crippen LogP contribution in [0.4, 0.5) is 0 Å². The van der Waals surface area contributed by atoms with Crippen molar-refractivity contribution < 1.29 is 19.0 Å². The number of fused-ring (bicyclic) bond motifs is 1. The van der Waals surface area contributed by atoms with E-state index in [1.165, 1.54) is 0 Å². The Morgan fingerprint density at radius 1 is 0.968 bits per heavy atom. The van der Waals surface area contributed by atoms with Gasteiger partial charge in [-0.25, -0.2) is 0 Å². The third-order valence-corrected chi connectivity index (χ3v) is 4.94. The number of hydrogen-bond acceptors (Lipinski definition) is 5. The van der Waals surface area contributed by atoms with Crippen molar-refractivity contribution in [1.29, 1.82) is 0 Å². The topological polar surface area (TPSA) is 60.0 Å². The smallest absolute Gasteiger partial charge is 0.258 e. The minimum Gasteiger partial charge on any atom is -0.483 e. The van der Waals surface area contributed by atoms with Gasteiger partial charge in [-0.3, -0.25) is 4.79 Å². The standard InChI is InChI=1S/C25H26N2O4/c1-27(2)15-21-13-20(19-6-4-3-5-7-19)9-11-22(21)29-16-25(28)26-14-18-8-10-23-24(12-18)31-17-30-23/h3-13H,14-17H2,1-2H3,(H,26,28). The van der Waals surface area contributed by atoms with Gasteiger partial charge in [0, 0.05) is 18.7 Å². The van der Waals surface area contributed by atoms with E-state index in [-0.39, 0.29) is 19.3 Å². The molecule has 0 aromatic heterocycles. The quantitative estimate of drug-likeness (QED) is 0.602. The highest BCUT2D eigenvalue weighted by Crippen LogP contribution is 2.32. The minimum atomic E-state index is -0.180. The highest BCUT2D eigenvalue weighted by atomic mass is 16.7. The summed E-state index contributed by atoms with van der Waals surface area (Å²) >= 11 is 0. The van der Waals surface area contributed by atoms with E-state index >= 15 is 0 Å². The lowest BCUT2D eigenvalue weighted by Gasteiger charge is -2.16. The van der Waals surface area contributed by atoms with Crippen molar-refractivity contribution in [3.63, 3.8) is 0 Å². The van der Waals surface area contributed by atoms with Crippen molar-refractivity contribution >= 4 is 5.91 Å². The molecule has 1 aliphatic heterocycles. The molecule has 0 radical (unpaired) electrons. The normalized spacial score (nSPS) is 12.1. The van der Waals surface area contributed by atoms with E-state index < -0.39 is 0 Å². The number of nitrogens with one attached hydrogen (secondary N) is 1. The summed E-state index contributed by atoms with van der Waals surface area (Å²) in [6, 6.07) is 21.9. The van der Waals surface area contributed by atoms with Crippen LogP contribution in [0.15, 0.2) is 66.7 Å². The van der Waals surface area contributed by atoms with Crippen LogP contribution in [0, 0.1) is 0 Å².